The van der Waals surface area contributed by atoms with Crippen molar-refractivity contribution in [2.75, 3.05) is 31.6 Å². The van der Waals surface area contributed by atoms with Crippen LogP contribution in [0.25, 0.3) is 0 Å². The van der Waals surface area contributed by atoms with Gasteiger partial charge in [-0.3, -0.25) is 4.99 Å². The van der Waals surface area contributed by atoms with Crippen molar-refractivity contribution in [3.8, 4) is 0 Å². The fourth-order valence-electron chi connectivity index (χ4n) is 1.95. The molecule has 7 heteroatoms. The number of nitrogens with one attached hydrogen (secondary N) is 2. The first kappa shape index (κ1) is 18.4. The van der Waals surface area contributed by atoms with E-state index in [0.29, 0.717) is 19.0 Å². The molecule has 1 rings (SSSR count). The molecule has 0 saturated carbocycles. The molecule has 0 spiro atoms. The first-order valence-electron chi connectivity index (χ1n) is 7.28. The van der Waals surface area contributed by atoms with Crippen LogP contribution in [0.5, 0.6) is 0 Å². The van der Waals surface area contributed by atoms with Crippen LogP contribution in [-0.2, 0) is 16.3 Å². The smallest absolute Gasteiger partial charge is 0.191 e. The highest BCUT2D eigenvalue weighted by Gasteiger charge is 2.07. The van der Waals surface area contributed by atoms with Crippen molar-refractivity contribution in [1.29, 1.82) is 0 Å². The Hall–Kier alpha value is -1.63. The highest BCUT2D eigenvalue weighted by atomic mass is 32.2. The number of aliphatic imine (C=N–C) groups is 1. The number of sulfone groups is 1. The van der Waals surface area contributed by atoms with Crippen molar-refractivity contribution in [3.63, 3.8) is 0 Å². The summed E-state index contributed by atoms with van der Waals surface area (Å²) in [6, 6.07) is 4.74. The fourth-order valence-corrected chi connectivity index (χ4v) is 2.65. The number of rotatable bonds is 7. The molecule has 2 N–H and O–H groups in total. The van der Waals surface area contributed by atoms with Crippen molar-refractivity contribution in [2.24, 2.45) is 4.99 Å². The molecule has 0 aromatic heterocycles. The molecule has 0 aliphatic carbocycles. The summed E-state index contributed by atoms with van der Waals surface area (Å²) >= 11 is 0. The molecule has 0 saturated heterocycles. The van der Waals surface area contributed by atoms with Gasteiger partial charge in [-0.2, -0.15) is 0 Å². The summed E-state index contributed by atoms with van der Waals surface area (Å²) in [7, 11) is -1.35. The van der Waals surface area contributed by atoms with E-state index in [4.69, 9.17) is 0 Å². The Morgan fingerprint density at radius 3 is 2.55 bits per heavy atom. The summed E-state index contributed by atoms with van der Waals surface area (Å²) in [4.78, 5) is 4.04. The van der Waals surface area contributed by atoms with Gasteiger partial charge in [0.25, 0.3) is 0 Å². The molecule has 22 heavy (non-hydrogen) atoms. The average Bonchev–Trinajstić information content (AvgIpc) is 2.47. The molecule has 0 atom stereocenters. The van der Waals surface area contributed by atoms with E-state index >= 15 is 0 Å². The van der Waals surface area contributed by atoms with Crippen LogP contribution in [0.2, 0.25) is 0 Å². The molecule has 0 unspecified atom stereocenters. The van der Waals surface area contributed by atoms with Gasteiger partial charge in [-0.15, -0.1) is 0 Å². The number of guanidine groups is 1. The summed E-state index contributed by atoms with van der Waals surface area (Å²) in [5, 5.41) is 6.08. The number of nitrogens with zero attached hydrogens (tertiary/aromatic N) is 1. The lowest BCUT2D eigenvalue weighted by Crippen LogP contribution is -2.40. The van der Waals surface area contributed by atoms with Gasteiger partial charge in [0.05, 0.1) is 5.75 Å². The van der Waals surface area contributed by atoms with E-state index in [9.17, 15) is 12.8 Å². The number of benzene rings is 1. The van der Waals surface area contributed by atoms with Crippen molar-refractivity contribution in [2.45, 2.75) is 20.3 Å². The van der Waals surface area contributed by atoms with Gasteiger partial charge in [0.2, 0.25) is 0 Å². The predicted molar refractivity (Wildman–Crippen MR) is 88.5 cm³/mol. The van der Waals surface area contributed by atoms with Gasteiger partial charge in [0.15, 0.2) is 15.8 Å². The van der Waals surface area contributed by atoms with E-state index in [2.05, 4.69) is 15.6 Å². The first-order valence-corrected chi connectivity index (χ1v) is 9.10. The van der Waals surface area contributed by atoms with Gasteiger partial charge >= 0.3 is 0 Å². The van der Waals surface area contributed by atoms with E-state index < -0.39 is 9.84 Å². The third kappa shape index (κ3) is 6.43. The number of halogens is 1. The second-order valence-electron chi connectivity index (χ2n) is 4.98. The predicted octanol–water partition coefficient (Wildman–Crippen LogP) is 1.28. The lowest BCUT2D eigenvalue weighted by molar-refractivity contribution is 0.595. The Morgan fingerprint density at radius 1 is 1.27 bits per heavy atom. The lowest BCUT2D eigenvalue weighted by atomic mass is 10.1. The SMILES string of the molecule is CCS(=O)(=O)CCNC(=NC)NCCc1ccc(F)cc1C. The fraction of sp³-hybridized carbons (Fsp3) is 0.533. The van der Waals surface area contributed by atoms with Gasteiger partial charge in [0.1, 0.15) is 5.82 Å². The third-order valence-corrected chi connectivity index (χ3v) is 5.07. The minimum atomic E-state index is -2.98. The summed E-state index contributed by atoms with van der Waals surface area (Å²) in [5.74, 6) is 0.557. The van der Waals surface area contributed by atoms with Crippen LogP contribution >= 0.6 is 0 Å². The van der Waals surface area contributed by atoms with E-state index in [-0.39, 0.29) is 17.3 Å². The largest absolute Gasteiger partial charge is 0.356 e. The van der Waals surface area contributed by atoms with Crippen molar-refractivity contribution < 1.29 is 12.8 Å². The molecule has 0 aliphatic rings. The molecule has 1 aromatic carbocycles. The maximum atomic E-state index is 13.0. The quantitative estimate of drug-likeness (QED) is 0.584. The van der Waals surface area contributed by atoms with Gasteiger partial charge in [-0.1, -0.05) is 13.0 Å². The van der Waals surface area contributed by atoms with E-state index in [0.717, 1.165) is 17.5 Å². The summed E-state index contributed by atoms with van der Waals surface area (Å²) in [6.07, 6.45) is 0.736. The molecule has 124 valence electrons. The maximum Gasteiger partial charge on any atom is 0.191 e. The molecular weight excluding hydrogens is 305 g/mol. The van der Waals surface area contributed by atoms with E-state index in [1.807, 2.05) is 6.92 Å². The van der Waals surface area contributed by atoms with Gasteiger partial charge in [-0.25, -0.2) is 12.8 Å². The molecule has 0 aliphatic heterocycles. The Bertz CT molecular complexity index is 615. The Kier molecular flexibility index (Phi) is 7.31. The third-order valence-electron chi connectivity index (χ3n) is 3.36. The molecule has 0 amide bonds. The van der Waals surface area contributed by atoms with Crippen molar-refractivity contribution >= 4 is 15.8 Å². The topological polar surface area (TPSA) is 70.6 Å². The van der Waals surface area contributed by atoms with E-state index in [1.165, 1.54) is 12.1 Å². The Balaban J connectivity index is 2.38. The van der Waals surface area contributed by atoms with Crippen LogP contribution in [0.4, 0.5) is 4.39 Å². The molecule has 0 fully saturated rings. The van der Waals surface area contributed by atoms with Crippen LogP contribution < -0.4 is 10.6 Å². The Labute approximate surface area is 132 Å². The van der Waals surface area contributed by atoms with Crippen LogP contribution in [0.1, 0.15) is 18.1 Å². The zero-order valence-corrected chi connectivity index (χ0v) is 14.1. The Morgan fingerprint density at radius 2 is 1.95 bits per heavy atom. The molecule has 5 nitrogen and oxygen atoms in total. The summed E-state index contributed by atoms with van der Waals surface area (Å²) in [6.45, 7) is 4.46. The van der Waals surface area contributed by atoms with Gasteiger partial charge in [-0.05, 0) is 36.6 Å². The minimum Gasteiger partial charge on any atom is -0.356 e. The molecule has 0 bridgehead atoms. The van der Waals surface area contributed by atoms with Crippen molar-refractivity contribution in [3.05, 3.63) is 35.1 Å². The zero-order chi connectivity index (χ0) is 16.6. The molecule has 0 heterocycles. The lowest BCUT2D eigenvalue weighted by Gasteiger charge is -2.12. The summed E-state index contributed by atoms with van der Waals surface area (Å²) in [5.41, 5.74) is 1.98. The number of hydrogen-bond donors (Lipinski definition) is 2. The monoisotopic (exact) mass is 329 g/mol. The highest BCUT2D eigenvalue weighted by Crippen LogP contribution is 2.10. The molecule has 1 aromatic rings. The molecular formula is C15H24FN3O2S. The van der Waals surface area contributed by atoms with Gasteiger partial charge < -0.3 is 10.6 Å². The highest BCUT2D eigenvalue weighted by molar-refractivity contribution is 7.91. The van der Waals surface area contributed by atoms with Crippen LogP contribution in [0, 0.1) is 12.7 Å². The average molecular weight is 329 g/mol. The van der Waals surface area contributed by atoms with Crippen LogP contribution in [0.3, 0.4) is 0 Å². The van der Waals surface area contributed by atoms with E-state index in [1.54, 1.807) is 20.0 Å². The van der Waals surface area contributed by atoms with Gasteiger partial charge in [0, 0.05) is 25.9 Å². The van der Waals surface area contributed by atoms with Crippen LogP contribution in [0.15, 0.2) is 23.2 Å². The van der Waals surface area contributed by atoms with Crippen molar-refractivity contribution in [1.82, 2.24) is 10.6 Å². The second-order valence-corrected chi connectivity index (χ2v) is 7.46. The number of hydrogen-bond acceptors (Lipinski definition) is 3. The zero-order valence-electron chi connectivity index (χ0n) is 13.3. The second kappa shape index (κ2) is 8.73. The maximum absolute atomic E-state index is 13.0. The summed E-state index contributed by atoms with van der Waals surface area (Å²) < 4.78 is 35.8. The standard InChI is InChI=1S/C15H24FN3O2S/c1-4-22(20,21)10-9-19-15(17-3)18-8-7-13-5-6-14(16)11-12(13)2/h5-6,11H,4,7-10H2,1-3H3,(H2,17,18,19). The minimum absolute atomic E-state index is 0.0846. The van der Waals surface area contributed by atoms with Crippen LogP contribution in [-0.4, -0.2) is 46.0 Å². The normalized spacial score (nSPS) is 12.3. The molecule has 0 radical (unpaired) electrons. The number of aryl methyl sites for hydroxylation is 1. The first-order chi connectivity index (χ1) is 10.4.